The number of hydrogen-bond donors (Lipinski definition) is 2. The molecule has 0 unspecified atom stereocenters. The number of rotatable bonds is 6. The van der Waals surface area contributed by atoms with Crippen molar-refractivity contribution in [2.75, 3.05) is 13.7 Å². The summed E-state index contributed by atoms with van der Waals surface area (Å²) >= 11 is 0. The summed E-state index contributed by atoms with van der Waals surface area (Å²) in [5, 5.41) is 11.9. The molecule has 1 rings (SSSR count). The maximum Gasteiger partial charge on any atom is 0.339 e. The second-order valence-electron chi connectivity index (χ2n) is 4.13. The summed E-state index contributed by atoms with van der Waals surface area (Å²) < 4.78 is 10.3. The highest BCUT2D eigenvalue weighted by atomic mass is 16.5. The zero-order chi connectivity index (χ0) is 12.2. The van der Waals surface area contributed by atoms with E-state index in [2.05, 4.69) is 5.32 Å². The zero-order valence-corrected chi connectivity index (χ0v) is 9.74. The quantitative estimate of drug-likeness (QED) is 0.770. The molecule has 1 heterocycles. The minimum absolute atomic E-state index is 0.197. The van der Waals surface area contributed by atoms with Gasteiger partial charge in [0, 0.05) is 13.7 Å². The second kappa shape index (κ2) is 5.14. The van der Waals surface area contributed by atoms with Crippen molar-refractivity contribution >= 4 is 5.97 Å². The molecule has 1 aromatic rings. The number of aromatic carboxylic acids is 1. The van der Waals surface area contributed by atoms with Gasteiger partial charge in [-0.25, -0.2) is 4.79 Å². The van der Waals surface area contributed by atoms with Crippen molar-refractivity contribution in [2.45, 2.75) is 26.0 Å². The van der Waals surface area contributed by atoms with E-state index in [1.54, 1.807) is 7.11 Å². The lowest BCUT2D eigenvalue weighted by Crippen LogP contribution is -2.36. The standard InChI is InChI=1S/C11H17NO4/c1-11(2,15-3)7-12-6-9-8(10(13)14)4-5-16-9/h4-5,12H,6-7H2,1-3H3,(H,13,14). The lowest BCUT2D eigenvalue weighted by atomic mass is 10.1. The molecule has 0 spiro atoms. The Bertz CT molecular complexity index is 357. The van der Waals surface area contributed by atoms with Crippen LogP contribution in [0.2, 0.25) is 0 Å². The average molecular weight is 227 g/mol. The van der Waals surface area contributed by atoms with E-state index in [1.165, 1.54) is 12.3 Å². The molecule has 1 aromatic heterocycles. The topological polar surface area (TPSA) is 71.7 Å². The number of ether oxygens (including phenoxy) is 1. The van der Waals surface area contributed by atoms with Gasteiger partial charge in [-0.2, -0.15) is 0 Å². The van der Waals surface area contributed by atoms with Crippen molar-refractivity contribution in [1.82, 2.24) is 5.32 Å². The predicted molar refractivity (Wildman–Crippen MR) is 58.5 cm³/mol. The lowest BCUT2D eigenvalue weighted by molar-refractivity contribution is 0.0227. The maximum absolute atomic E-state index is 10.8. The minimum atomic E-state index is -0.975. The van der Waals surface area contributed by atoms with E-state index in [1.807, 2.05) is 13.8 Å². The molecule has 0 saturated heterocycles. The van der Waals surface area contributed by atoms with Gasteiger partial charge < -0.3 is 19.6 Å². The Kier molecular flexibility index (Phi) is 4.09. The summed E-state index contributed by atoms with van der Waals surface area (Å²) in [6.45, 7) is 4.88. The zero-order valence-electron chi connectivity index (χ0n) is 9.74. The van der Waals surface area contributed by atoms with Crippen LogP contribution in [0.15, 0.2) is 16.7 Å². The number of nitrogens with one attached hydrogen (secondary N) is 1. The second-order valence-corrected chi connectivity index (χ2v) is 4.13. The fourth-order valence-corrected chi connectivity index (χ4v) is 1.22. The summed E-state index contributed by atoms with van der Waals surface area (Å²) in [4.78, 5) is 10.8. The average Bonchev–Trinajstić information content (AvgIpc) is 2.66. The third kappa shape index (κ3) is 3.36. The molecule has 0 aliphatic rings. The first-order chi connectivity index (χ1) is 7.46. The van der Waals surface area contributed by atoms with Crippen molar-refractivity contribution in [3.63, 3.8) is 0 Å². The van der Waals surface area contributed by atoms with Gasteiger partial charge in [0.05, 0.1) is 18.4 Å². The first-order valence-corrected chi connectivity index (χ1v) is 5.02. The molecule has 0 fully saturated rings. The van der Waals surface area contributed by atoms with Gasteiger partial charge in [-0.15, -0.1) is 0 Å². The third-order valence-electron chi connectivity index (χ3n) is 2.36. The van der Waals surface area contributed by atoms with Crippen molar-refractivity contribution < 1.29 is 19.1 Å². The van der Waals surface area contributed by atoms with Gasteiger partial charge in [-0.05, 0) is 19.9 Å². The van der Waals surface area contributed by atoms with E-state index in [-0.39, 0.29) is 11.2 Å². The van der Waals surface area contributed by atoms with Gasteiger partial charge in [0.25, 0.3) is 0 Å². The molecular formula is C11H17NO4. The first-order valence-electron chi connectivity index (χ1n) is 5.02. The van der Waals surface area contributed by atoms with Crippen LogP contribution >= 0.6 is 0 Å². The summed E-state index contributed by atoms with van der Waals surface area (Å²) in [6, 6.07) is 1.45. The molecule has 0 aliphatic carbocycles. The van der Waals surface area contributed by atoms with E-state index >= 15 is 0 Å². The molecule has 0 aromatic carbocycles. The smallest absolute Gasteiger partial charge is 0.339 e. The molecular weight excluding hydrogens is 210 g/mol. The Morgan fingerprint density at radius 1 is 1.62 bits per heavy atom. The Morgan fingerprint density at radius 3 is 2.88 bits per heavy atom. The van der Waals surface area contributed by atoms with Crippen molar-refractivity contribution in [1.29, 1.82) is 0 Å². The molecule has 0 radical (unpaired) electrons. The van der Waals surface area contributed by atoms with Crippen LogP contribution in [0.4, 0.5) is 0 Å². The van der Waals surface area contributed by atoms with E-state index in [4.69, 9.17) is 14.3 Å². The summed E-state index contributed by atoms with van der Waals surface area (Å²) in [5.41, 5.74) is -0.0848. The molecule has 0 saturated carbocycles. The highest BCUT2D eigenvalue weighted by Crippen LogP contribution is 2.11. The minimum Gasteiger partial charge on any atom is -0.478 e. The van der Waals surface area contributed by atoms with Crippen LogP contribution in [0.3, 0.4) is 0 Å². The van der Waals surface area contributed by atoms with Crippen molar-refractivity contribution in [2.24, 2.45) is 0 Å². The molecule has 2 N–H and O–H groups in total. The van der Waals surface area contributed by atoms with E-state index in [0.717, 1.165) is 0 Å². The molecule has 16 heavy (non-hydrogen) atoms. The Morgan fingerprint density at radius 2 is 2.31 bits per heavy atom. The fraction of sp³-hybridized carbons (Fsp3) is 0.545. The number of carboxylic acids is 1. The normalized spacial score (nSPS) is 11.7. The highest BCUT2D eigenvalue weighted by molar-refractivity contribution is 5.88. The Balaban J connectivity index is 2.49. The van der Waals surface area contributed by atoms with Crippen LogP contribution in [0.1, 0.15) is 30.0 Å². The molecule has 0 atom stereocenters. The Labute approximate surface area is 94.4 Å². The van der Waals surface area contributed by atoms with Crippen LogP contribution in [0, 0.1) is 0 Å². The summed E-state index contributed by atoms with van der Waals surface area (Å²) in [5.74, 6) is -0.545. The Hall–Kier alpha value is -1.33. The van der Waals surface area contributed by atoms with E-state index in [0.29, 0.717) is 18.8 Å². The third-order valence-corrected chi connectivity index (χ3v) is 2.36. The molecule has 0 amide bonds. The molecule has 5 nitrogen and oxygen atoms in total. The fourth-order valence-electron chi connectivity index (χ4n) is 1.22. The number of methoxy groups -OCH3 is 1. The maximum atomic E-state index is 10.8. The van der Waals surface area contributed by atoms with Crippen LogP contribution < -0.4 is 5.32 Å². The largest absolute Gasteiger partial charge is 0.478 e. The van der Waals surface area contributed by atoms with Gasteiger partial charge in [0.15, 0.2) is 0 Å². The monoisotopic (exact) mass is 227 g/mol. The lowest BCUT2D eigenvalue weighted by Gasteiger charge is -2.22. The van der Waals surface area contributed by atoms with Crippen molar-refractivity contribution in [3.8, 4) is 0 Å². The van der Waals surface area contributed by atoms with Gasteiger partial charge in [0.1, 0.15) is 11.3 Å². The molecule has 5 heteroatoms. The van der Waals surface area contributed by atoms with Gasteiger partial charge in [-0.3, -0.25) is 0 Å². The predicted octanol–water partition coefficient (Wildman–Crippen LogP) is 1.49. The van der Waals surface area contributed by atoms with Crippen LogP contribution in [0.5, 0.6) is 0 Å². The molecule has 0 aliphatic heterocycles. The number of carboxylic acid groups (broad SMARTS) is 1. The van der Waals surface area contributed by atoms with Crippen molar-refractivity contribution in [3.05, 3.63) is 23.7 Å². The highest BCUT2D eigenvalue weighted by Gasteiger charge is 2.17. The summed E-state index contributed by atoms with van der Waals surface area (Å²) in [6.07, 6.45) is 1.38. The van der Waals surface area contributed by atoms with Gasteiger partial charge >= 0.3 is 5.97 Å². The van der Waals surface area contributed by atoms with Gasteiger partial charge in [0.2, 0.25) is 0 Å². The SMILES string of the molecule is COC(C)(C)CNCc1occc1C(=O)O. The summed E-state index contributed by atoms with van der Waals surface area (Å²) in [7, 11) is 1.64. The van der Waals surface area contributed by atoms with Crippen LogP contribution in [-0.4, -0.2) is 30.3 Å². The number of furan rings is 1. The first kappa shape index (κ1) is 12.7. The van der Waals surface area contributed by atoms with E-state index < -0.39 is 5.97 Å². The van der Waals surface area contributed by atoms with E-state index in [9.17, 15) is 4.79 Å². The van der Waals surface area contributed by atoms with Gasteiger partial charge in [-0.1, -0.05) is 0 Å². The molecule has 90 valence electrons. The molecule has 0 bridgehead atoms. The van der Waals surface area contributed by atoms with Crippen LogP contribution in [0.25, 0.3) is 0 Å². The van der Waals surface area contributed by atoms with Crippen LogP contribution in [-0.2, 0) is 11.3 Å². The number of carbonyl (C=O) groups is 1. The number of hydrogen-bond acceptors (Lipinski definition) is 4.